The number of hydrogen-bond donors (Lipinski definition) is 1. The first kappa shape index (κ1) is 17.6. The van der Waals surface area contributed by atoms with Gasteiger partial charge < -0.3 is 14.6 Å². The van der Waals surface area contributed by atoms with Gasteiger partial charge in [0.2, 0.25) is 0 Å². The predicted octanol–water partition coefficient (Wildman–Crippen LogP) is 3.80. The summed E-state index contributed by atoms with van der Waals surface area (Å²) in [6, 6.07) is 8.10. The molecule has 1 aliphatic rings. The smallest absolute Gasteiger partial charge is 0.326 e. The van der Waals surface area contributed by atoms with Crippen LogP contribution >= 0.6 is 0 Å². The largest absolute Gasteiger partial charge is 0.480 e. The van der Waals surface area contributed by atoms with Crippen molar-refractivity contribution in [3.05, 3.63) is 52.9 Å². The molecule has 0 atom stereocenters. The van der Waals surface area contributed by atoms with Crippen LogP contribution in [-0.4, -0.2) is 39.1 Å². The molecule has 1 aliphatic heterocycles. The maximum absolute atomic E-state index is 12.7. The second-order valence-corrected chi connectivity index (χ2v) is 6.94. The zero-order valence-electron chi connectivity index (χ0n) is 15.9. The average Bonchev–Trinajstić information content (AvgIpc) is 3.04. The number of nitrogens with one attached hydrogen (secondary N) is 1. The number of allylic oxidation sites excluding steroid dienone is 1. The van der Waals surface area contributed by atoms with Gasteiger partial charge in [0.05, 0.1) is 29.4 Å². The normalized spacial score (nSPS) is 16.4. The van der Waals surface area contributed by atoms with E-state index in [1.165, 1.54) is 0 Å². The van der Waals surface area contributed by atoms with E-state index in [9.17, 15) is 4.79 Å². The SMILES string of the molecule is CCC=C(OCC)N1CCC(n2c(=O)[nH]c3c4ccccc4ncc32)CC1. The minimum atomic E-state index is -0.0456. The lowest BCUT2D eigenvalue weighted by Crippen LogP contribution is -2.37. The third-order valence-electron chi connectivity index (χ3n) is 5.28. The van der Waals surface area contributed by atoms with E-state index in [1.54, 1.807) is 0 Å². The van der Waals surface area contributed by atoms with Crippen LogP contribution in [-0.2, 0) is 4.74 Å². The summed E-state index contributed by atoms with van der Waals surface area (Å²) < 4.78 is 7.69. The van der Waals surface area contributed by atoms with Crippen molar-refractivity contribution in [1.82, 2.24) is 19.4 Å². The number of benzene rings is 1. The van der Waals surface area contributed by atoms with Crippen molar-refractivity contribution >= 4 is 21.9 Å². The lowest BCUT2D eigenvalue weighted by molar-refractivity contribution is 0.0942. The predicted molar refractivity (Wildman–Crippen MR) is 108 cm³/mol. The lowest BCUT2D eigenvalue weighted by atomic mass is 10.0. The third-order valence-corrected chi connectivity index (χ3v) is 5.28. The van der Waals surface area contributed by atoms with Crippen LogP contribution in [0.15, 0.2) is 47.2 Å². The van der Waals surface area contributed by atoms with Gasteiger partial charge in [0.1, 0.15) is 0 Å². The van der Waals surface area contributed by atoms with Crippen molar-refractivity contribution in [2.24, 2.45) is 0 Å². The van der Waals surface area contributed by atoms with Crippen molar-refractivity contribution in [1.29, 1.82) is 0 Å². The van der Waals surface area contributed by atoms with Gasteiger partial charge >= 0.3 is 5.69 Å². The van der Waals surface area contributed by atoms with E-state index in [0.717, 1.165) is 60.2 Å². The van der Waals surface area contributed by atoms with Crippen molar-refractivity contribution in [3.63, 3.8) is 0 Å². The van der Waals surface area contributed by atoms with Crippen molar-refractivity contribution in [3.8, 4) is 0 Å². The van der Waals surface area contributed by atoms with Crippen LogP contribution in [0.25, 0.3) is 21.9 Å². The Morgan fingerprint density at radius 2 is 2.07 bits per heavy atom. The standard InChI is InChI=1S/C21H26N4O2/c1-3-7-19(27-4-2)24-12-10-15(11-13-24)25-18-14-22-17-9-6-5-8-16(17)20(18)23-21(25)26/h5-9,14-15H,3-4,10-13H2,1-2H3,(H,23,26). The minimum absolute atomic E-state index is 0.0456. The van der Waals surface area contributed by atoms with Crippen LogP contribution in [0.3, 0.4) is 0 Å². The second kappa shape index (κ2) is 7.47. The summed E-state index contributed by atoms with van der Waals surface area (Å²) in [7, 11) is 0. The molecule has 1 saturated heterocycles. The van der Waals surface area contributed by atoms with Gasteiger partial charge in [0, 0.05) is 24.5 Å². The molecule has 0 aliphatic carbocycles. The number of nitrogens with zero attached hydrogens (tertiary/aromatic N) is 3. The first-order valence-corrected chi connectivity index (χ1v) is 9.78. The Hall–Kier alpha value is -2.76. The number of fused-ring (bicyclic) bond motifs is 3. The molecular weight excluding hydrogens is 340 g/mol. The Bertz CT molecular complexity index is 1030. The molecule has 1 N–H and O–H groups in total. The number of imidazole rings is 1. The van der Waals surface area contributed by atoms with Gasteiger partial charge in [-0.25, -0.2) is 4.79 Å². The molecule has 0 amide bonds. The van der Waals surface area contributed by atoms with Gasteiger partial charge in [0.15, 0.2) is 5.88 Å². The number of para-hydroxylation sites is 1. The Kier molecular flexibility index (Phi) is 4.88. The van der Waals surface area contributed by atoms with Gasteiger partial charge in [-0.3, -0.25) is 9.55 Å². The highest BCUT2D eigenvalue weighted by Crippen LogP contribution is 2.28. The zero-order chi connectivity index (χ0) is 18.8. The summed E-state index contributed by atoms with van der Waals surface area (Å²) in [5.41, 5.74) is 2.63. The molecule has 0 spiro atoms. The Morgan fingerprint density at radius 3 is 2.81 bits per heavy atom. The Balaban J connectivity index is 1.63. The fraction of sp³-hybridized carbons (Fsp3) is 0.429. The van der Waals surface area contributed by atoms with E-state index < -0.39 is 0 Å². The minimum Gasteiger partial charge on any atom is -0.480 e. The van der Waals surface area contributed by atoms with Gasteiger partial charge in [0.25, 0.3) is 0 Å². The number of H-pyrrole nitrogens is 1. The average molecular weight is 366 g/mol. The monoisotopic (exact) mass is 366 g/mol. The Morgan fingerprint density at radius 1 is 1.30 bits per heavy atom. The number of hydrogen-bond acceptors (Lipinski definition) is 4. The van der Waals surface area contributed by atoms with E-state index in [2.05, 4.69) is 27.9 Å². The summed E-state index contributed by atoms with van der Waals surface area (Å²) in [6.07, 6.45) is 6.74. The molecule has 0 unspecified atom stereocenters. The molecular formula is C21H26N4O2. The van der Waals surface area contributed by atoms with Crippen LogP contribution in [0.2, 0.25) is 0 Å². The fourth-order valence-electron chi connectivity index (χ4n) is 4.03. The maximum Gasteiger partial charge on any atom is 0.326 e. The number of likely N-dealkylation sites (tertiary alicyclic amines) is 1. The molecule has 0 saturated carbocycles. The first-order chi connectivity index (χ1) is 13.2. The van der Waals surface area contributed by atoms with Crippen molar-refractivity contribution in [2.45, 2.75) is 39.2 Å². The van der Waals surface area contributed by atoms with Crippen LogP contribution in [0.4, 0.5) is 0 Å². The lowest BCUT2D eigenvalue weighted by Gasteiger charge is -2.34. The van der Waals surface area contributed by atoms with Crippen molar-refractivity contribution in [2.75, 3.05) is 19.7 Å². The highest BCUT2D eigenvalue weighted by Gasteiger charge is 2.25. The van der Waals surface area contributed by atoms with Gasteiger partial charge in [-0.2, -0.15) is 0 Å². The number of aromatic nitrogens is 3. The van der Waals surface area contributed by atoms with E-state index >= 15 is 0 Å². The highest BCUT2D eigenvalue weighted by molar-refractivity contribution is 6.01. The molecule has 3 heterocycles. The van der Waals surface area contributed by atoms with E-state index in [1.807, 2.05) is 42.0 Å². The first-order valence-electron chi connectivity index (χ1n) is 9.78. The number of aromatic amines is 1. The summed E-state index contributed by atoms with van der Waals surface area (Å²) in [5.74, 6) is 0.970. The molecule has 142 valence electrons. The molecule has 4 rings (SSSR count). The molecule has 6 heteroatoms. The molecule has 6 nitrogen and oxygen atoms in total. The maximum atomic E-state index is 12.7. The molecule has 3 aromatic rings. The van der Waals surface area contributed by atoms with Crippen LogP contribution < -0.4 is 5.69 Å². The third kappa shape index (κ3) is 3.20. The van der Waals surface area contributed by atoms with Crippen molar-refractivity contribution < 1.29 is 4.74 Å². The van der Waals surface area contributed by atoms with Gasteiger partial charge in [-0.05, 0) is 38.3 Å². The molecule has 27 heavy (non-hydrogen) atoms. The summed E-state index contributed by atoms with van der Waals surface area (Å²) in [6.45, 7) is 6.58. The Labute approximate surface area is 158 Å². The van der Waals surface area contributed by atoms with Gasteiger partial charge in [-0.15, -0.1) is 0 Å². The quantitative estimate of drug-likeness (QED) is 0.698. The zero-order valence-corrected chi connectivity index (χ0v) is 15.9. The second-order valence-electron chi connectivity index (χ2n) is 6.94. The number of piperidine rings is 1. The van der Waals surface area contributed by atoms with Gasteiger partial charge in [-0.1, -0.05) is 25.1 Å². The molecule has 1 fully saturated rings. The molecule has 1 aromatic carbocycles. The van der Waals surface area contributed by atoms with Crippen LogP contribution in [0.1, 0.15) is 39.2 Å². The van der Waals surface area contributed by atoms with E-state index in [4.69, 9.17) is 4.74 Å². The molecule has 0 bridgehead atoms. The molecule has 2 aromatic heterocycles. The number of rotatable bonds is 5. The van der Waals surface area contributed by atoms with E-state index in [-0.39, 0.29) is 11.7 Å². The topological polar surface area (TPSA) is 63.1 Å². The van der Waals surface area contributed by atoms with Crippen LogP contribution in [0.5, 0.6) is 0 Å². The highest BCUT2D eigenvalue weighted by atomic mass is 16.5. The summed E-state index contributed by atoms with van der Waals surface area (Å²) in [4.78, 5) is 22.6. The summed E-state index contributed by atoms with van der Waals surface area (Å²) in [5, 5.41) is 0.993. The fourth-order valence-corrected chi connectivity index (χ4v) is 4.03. The van der Waals surface area contributed by atoms with E-state index in [0.29, 0.717) is 6.61 Å². The van der Waals surface area contributed by atoms with Crippen LogP contribution in [0, 0.1) is 0 Å². The molecule has 0 radical (unpaired) electrons. The summed E-state index contributed by atoms with van der Waals surface area (Å²) >= 11 is 0. The number of pyridine rings is 1. The number of ether oxygens (including phenoxy) is 1.